The van der Waals surface area contributed by atoms with E-state index in [1.807, 2.05) is 24.0 Å². The Balaban J connectivity index is 0.000000404. The van der Waals surface area contributed by atoms with Crippen molar-refractivity contribution in [3.63, 3.8) is 0 Å². The molecular weight excluding hydrogens is 542 g/mol. The van der Waals surface area contributed by atoms with Crippen LogP contribution >= 0.6 is 0 Å². The molecule has 18 heteroatoms. The molecule has 0 amide bonds. The number of rotatable bonds is 4. The summed E-state index contributed by atoms with van der Waals surface area (Å²) >= 11 is 0. The van der Waals surface area contributed by atoms with Crippen LogP contribution in [0.4, 0.5) is 26.3 Å². The van der Waals surface area contributed by atoms with Crippen LogP contribution in [0.1, 0.15) is 19.2 Å². The predicted molar refractivity (Wildman–Crippen MR) is 115 cm³/mol. The minimum Gasteiger partial charge on any atom is -0.475 e. The summed E-state index contributed by atoms with van der Waals surface area (Å²) in [7, 11) is -1.17. The molecule has 2 aliphatic rings. The summed E-state index contributed by atoms with van der Waals surface area (Å²) in [5.74, 6) is -4.32. The summed E-state index contributed by atoms with van der Waals surface area (Å²) < 4.78 is 97.4. The van der Waals surface area contributed by atoms with Crippen LogP contribution in [0.3, 0.4) is 0 Å². The fraction of sp³-hybridized carbons (Fsp3) is 0.737. The number of halogens is 6. The third-order valence-corrected chi connectivity index (χ3v) is 7.28. The number of hydrogen-bond donors (Lipinski definition) is 2. The summed E-state index contributed by atoms with van der Waals surface area (Å²) in [6.45, 7) is 6.48. The SMILES string of the molecule is CCS(=O)(=O)N1CCOCC2(CCN(Cc3nccn3C)C2)C1.O=C(O)C(F)(F)F.O=C(O)C(F)(F)F. The summed E-state index contributed by atoms with van der Waals surface area (Å²) in [5.41, 5.74) is -0.0933. The van der Waals surface area contributed by atoms with Gasteiger partial charge in [0.15, 0.2) is 0 Å². The quantitative estimate of drug-likeness (QED) is 0.516. The highest BCUT2D eigenvalue weighted by atomic mass is 32.2. The molecule has 3 rings (SSSR count). The molecule has 0 bridgehead atoms. The molecule has 0 aromatic carbocycles. The van der Waals surface area contributed by atoms with Gasteiger partial charge >= 0.3 is 24.3 Å². The van der Waals surface area contributed by atoms with E-state index in [1.54, 1.807) is 11.2 Å². The fourth-order valence-corrected chi connectivity index (χ4v) is 4.72. The summed E-state index contributed by atoms with van der Waals surface area (Å²) in [6, 6.07) is 0. The molecule has 2 N–H and O–H groups in total. The molecule has 214 valence electrons. The molecule has 1 spiro atoms. The Hall–Kier alpha value is -2.44. The number of likely N-dealkylation sites (tertiary alicyclic amines) is 1. The lowest BCUT2D eigenvalue weighted by atomic mass is 9.88. The smallest absolute Gasteiger partial charge is 0.475 e. The van der Waals surface area contributed by atoms with Crippen molar-refractivity contribution in [1.82, 2.24) is 18.8 Å². The van der Waals surface area contributed by atoms with Crippen molar-refractivity contribution >= 4 is 22.0 Å². The second-order valence-corrected chi connectivity index (χ2v) is 10.6. The lowest BCUT2D eigenvalue weighted by Crippen LogP contribution is -2.43. The number of carboxylic acid groups (broad SMARTS) is 2. The first-order valence-electron chi connectivity index (χ1n) is 10.7. The maximum absolute atomic E-state index is 12.3. The maximum atomic E-state index is 12.3. The average Bonchev–Trinajstić information content (AvgIpc) is 3.28. The van der Waals surface area contributed by atoms with Gasteiger partial charge in [0.25, 0.3) is 0 Å². The van der Waals surface area contributed by atoms with Crippen molar-refractivity contribution in [2.75, 3.05) is 45.1 Å². The number of sulfonamides is 1. The van der Waals surface area contributed by atoms with E-state index in [-0.39, 0.29) is 11.2 Å². The Bertz CT molecular complexity index is 991. The van der Waals surface area contributed by atoms with Gasteiger partial charge in [-0.05, 0) is 19.9 Å². The lowest BCUT2D eigenvalue weighted by Gasteiger charge is -2.31. The van der Waals surface area contributed by atoms with Crippen LogP contribution in [0.25, 0.3) is 0 Å². The molecule has 1 aromatic rings. The fourth-order valence-electron chi connectivity index (χ4n) is 3.53. The van der Waals surface area contributed by atoms with Gasteiger partial charge in [0, 0.05) is 44.5 Å². The topological polar surface area (TPSA) is 142 Å². The van der Waals surface area contributed by atoms with Crippen LogP contribution in [0.15, 0.2) is 12.4 Å². The standard InChI is InChI=1S/C15H26N4O3S.2C2HF3O2/c1-3-23(20,21)19-8-9-22-13-15(12-19)4-6-18(11-15)10-14-16-5-7-17(14)2;2*3-2(4,5)1(6)7/h5,7H,3-4,6,8-13H2,1-2H3;2*(H,6,7). The van der Waals surface area contributed by atoms with E-state index in [0.29, 0.717) is 26.3 Å². The van der Waals surface area contributed by atoms with Crippen LogP contribution in [-0.4, -0.2) is 107 Å². The second kappa shape index (κ2) is 12.9. The van der Waals surface area contributed by atoms with Crippen molar-refractivity contribution in [2.24, 2.45) is 12.5 Å². The Morgan fingerprint density at radius 3 is 2.05 bits per heavy atom. The number of aromatic nitrogens is 2. The minimum absolute atomic E-state index is 0.0933. The molecule has 2 fully saturated rings. The molecule has 3 heterocycles. The molecule has 2 saturated heterocycles. The largest absolute Gasteiger partial charge is 0.490 e. The van der Waals surface area contributed by atoms with Crippen molar-refractivity contribution in [2.45, 2.75) is 32.2 Å². The molecule has 1 unspecified atom stereocenters. The van der Waals surface area contributed by atoms with Crippen molar-refractivity contribution in [3.05, 3.63) is 18.2 Å². The van der Waals surface area contributed by atoms with E-state index >= 15 is 0 Å². The number of imidazole rings is 1. The number of alkyl halides is 6. The normalized spacial score (nSPS) is 21.4. The zero-order chi connectivity index (χ0) is 28.7. The molecule has 0 aliphatic carbocycles. The molecule has 11 nitrogen and oxygen atoms in total. The highest BCUT2D eigenvalue weighted by molar-refractivity contribution is 7.89. The number of nitrogens with zero attached hydrogens (tertiary/aromatic N) is 4. The average molecular weight is 571 g/mol. The molecule has 1 atom stereocenters. The monoisotopic (exact) mass is 570 g/mol. The van der Waals surface area contributed by atoms with Crippen LogP contribution < -0.4 is 0 Å². The first-order valence-corrected chi connectivity index (χ1v) is 12.3. The van der Waals surface area contributed by atoms with Crippen LogP contribution in [0.2, 0.25) is 0 Å². The molecule has 0 radical (unpaired) electrons. The third kappa shape index (κ3) is 10.4. The second-order valence-electron chi connectivity index (χ2n) is 8.31. The number of carbonyl (C=O) groups is 2. The number of carboxylic acids is 2. The zero-order valence-corrected chi connectivity index (χ0v) is 20.7. The summed E-state index contributed by atoms with van der Waals surface area (Å²) in [4.78, 5) is 24.5. The van der Waals surface area contributed by atoms with Gasteiger partial charge in [-0.1, -0.05) is 0 Å². The van der Waals surface area contributed by atoms with Crippen LogP contribution in [0, 0.1) is 5.41 Å². The summed E-state index contributed by atoms with van der Waals surface area (Å²) in [6.07, 6.45) is -5.44. The van der Waals surface area contributed by atoms with Gasteiger partial charge in [0.05, 0.1) is 25.5 Å². The van der Waals surface area contributed by atoms with Crippen LogP contribution in [-0.2, 0) is 37.9 Å². The van der Waals surface area contributed by atoms with Gasteiger partial charge in [0.2, 0.25) is 10.0 Å². The van der Waals surface area contributed by atoms with Crippen molar-refractivity contribution in [3.8, 4) is 0 Å². The zero-order valence-electron chi connectivity index (χ0n) is 19.9. The molecule has 2 aliphatic heterocycles. The highest BCUT2D eigenvalue weighted by Crippen LogP contribution is 2.34. The predicted octanol–water partition coefficient (Wildman–Crippen LogP) is 1.56. The Labute approximate surface area is 208 Å². The Kier molecular flexibility index (Phi) is 11.3. The Morgan fingerprint density at radius 2 is 1.62 bits per heavy atom. The minimum atomic E-state index is -5.08. The molecular formula is C19H28F6N4O7S. The lowest BCUT2D eigenvalue weighted by molar-refractivity contribution is -0.193. The third-order valence-electron chi connectivity index (χ3n) is 5.45. The molecule has 0 saturated carbocycles. The van der Waals surface area contributed by atoms with Gasteiger partial charge in [-0.15, -0.1) is 0 Å². The van der Waals surface area contributed by atoms with Crippen LogP contribution in [0.5, 0.6) is 0 Å². The van der Waals surface area contributed by atoms with E-state index in [4.69, 9.17) is 24.5 Å². The number of ether oxygens (including phenoxy) is 1. The molecule has 37 heavy (non-hydrogen) atoms. The molecule has 1 aromatic heterocycles. The van der Waals surface area contributed by atoms with E-state index in [9.17, 15) is 34.8 Å². The van der Waals surface area contributed by atoms with Gasteiger partial charge in [-0.2, -0.15) is 30.6 Å². The summed E-state index contributed by atoms with van der Waals surface area (Å²) in [5, 5.41) is 14.2. The van der Waals surface area contributed by atoms with Gasteiger partial charge < -0.3 is 19.5 Å². The van der Waals surface area contributed by atoms with Crippen molar-refractivity contribution in [1.29, 1.82) is 0 Å². The van der Waals surface area contributed by atoms with Crippen molar-refractivity contribution < 1.29 is 59.3 Å². The number of aryl methyl sites for hydroxylation is 1. The van der Waals surface area contributed by atoms with E-state index in [0.717, 1.165) is 31.9 Å². The van der Waals surface area contributed by atoms with Gasteiger partial charge in [0.1, 0.15) is 5.82 Å². The first kappa shape index (κ1) is 32.6. The highest BCUT2D eigenvalue weighted by Gasteiger charge is 2.43. The van der Waals surface area contributed by atoms with E-state index in [1.165, 1.54) is 0 Å². The van der Waals surface area contributed by atoms with E-state index < -0.39 is 34.3 Å². The van der Waals surface area contributed by atoms with Gasteiger partial charge in [-0.25, -0.2) is 23.0 Å². The first-order chi connectivity index (χ1) is 16.8. The maximum Gasteiger partial charge on any atom is 0.490 e. The number of hydrogen-bond acceptors (Lipinski definition) is 7. The van der Waals surface area contributed by atoms with E-state index in [2.05, 4.69) is 9.88 Å². The number of aliphatic carboxylic acids is 2. The van der Waals surface area contributed by atoms with Gasteiger partial charge in [-0.3, -0.25) is 4.90 Å². The Morgan fingerprint density at radius 1 is 1.08 bits per heavy atom.